The summed E-state index contributed by atoms with van der Waals surface area (Å²) >= 11 is 0. The zero-order chi connectivity index (χ0) is 19.1. The van der Waals surface area contributed by atoms with Crippen LogP contribution >= 0.6 is 0 Å². The third-order valence-electron chi connectivity index (χ3n) is 4.75. The molecular formula is C22H15FN4O. The summed E-state index contributed by atoms with van der Waals surface area (Å²) in [7, 11) is 0. The second-order valence-electron chi connectivity index (χ2n) is 6.55. The van der Waals surface area contributed by atoms with Crippen LogP contribution in [0.1, 0.15) is 11.7 Å². The number of aromatic nitrogens is 3. The van der Waals surface area contributed by atoms with Gasteiger partial charge in [-0.25, -0.2) is 9.07 Å². The Labute approximate surface area is 160 Å². The molecule has 2 heterocycles. The van der Waals surface area contributed by atoms with Crippen LogP contribution in [0.3, 0.4) is 0 Å². The van der Waals surface area contributed by atoms with E-state index >= 15 is 0 Å². The summed E-state index contributed by atoms with van der Waals surface area (Å²) in [4.78, 5) is 17.1. The van der Waals surface area contributed by atoms with Gasteiger partial charge < -0.3 is 5.32 Å². The van der Waals surface area contributed by atoms with Crippen LogP contribution in [0.2, 0.25) is 0 Å². The number of halogens is 1. The van der Waals surface area contributed by atoms with Crippen LogP contribution < -0.4 is 10.9 Å². The minimum absolute atomic E-state index is 0.256. The van der Waals surface area contributed by atoms with E-state index in [0.717, 1.165) is 11.3 Å². The average molecular weight is 370 g/mol. The van der Waals surface area contributed by atoms with Crippen molar-refractivity contribution in [2.24, 2.45) is 0 Å². The number of rotatable bonds is 2. The van der Waals surface area contributed by atoms with Gasteiger partial charge >= 0.3 is 0 Å². The van der Waals surface area contributed by atoms with Gasteiger partial charge in [-0.2, -0.15) is 10.1 Å². The number of benzene rings is 3. The van der Waals surface area contributed by atoms with Crippen LogP contribution in [0.25, 0.3) is 22.6 Å². The highest BCUT2D eigenvalue weighted by molar-refractivity contribution is 5.76. The Morgan fingerprint density at radius 1 is 0.929 bits per heavy atom. The maximum absolute atomic E-state index is 13.9. The Balaban J connectivity index is 1.77. The standard InChI is InChI=1S/C22H15FN4O/c23-16-10-6-9-15(13-16)20-24-18-12-5-4-11-17(18)21-25-22(28)19(26-27(20)21)14-7-2-1-3-8-14/h1-13,20,24H/t20-/m0/s1. The van der Waals surface area contributed by atoms with Crippen molar-refractivity contribution in [1.82, 2.24) is 14.8 Å². The lowest BCUT2D eigenvalue weighted by molar-refractivity contribution is 0.543. The molecule has 1 N–H and O–H groups in total. The monoisotopic (exact) mass is 370 g/mol. The Morgan fingerprint density at radius 2 is 1.71 bits per heavy atom. The molecule has 4 aromatic rings. The summed E-state index contributed by atoms with van der Waals surface area (Å²) in [6, 6.07) is 23.1. The molecule has 0 saturated carbocycles. The molecule has 0 radical (unpaired) electrons. The number of para-hydroxylation sites is 1. The van der Waals surface area contributed by atoms with Crippen molar-refractivity contribution >= 4 is 5.69 Å². The summed E-state index contributed by atoms with van der Waals surface area (Å²) in [5, 5.41) is 8.01. The molecule has 1 atom stereocenters. The van der Waals surface area contributed by atoms with Crippen molar-refractivity contribution in [1.29, 1.82) is 0 Å². The van der Waals surface area contributed by atoms with Crippen molar-refractivity contribution in [3.63, 3.8) is 0 Å². The van der Waals surface area contributed by atoms with Gasteiger partial charge in [0.1, 0.15) is 12.0 Å². The first-order valence-electron chi connectivity index (χ1n) is 8.88. The molecule has 136 valence electrons. The van der Waals surface area contributed by atoms with E-state index in [-0.39, 0.29) is 11.5 Å². The first-order chi connectivity index (χ1) is 13.7. The molecule has 28 heavy (non-hydrogen) atoms. The summed E-state index contributed by atoms with van der Waals surface area (Å²) in [6.07, 6.45) is -0.490. The van der Waals surface area contributed by atoms with Crippen LogP contribution in [0.4, 0.5) is 10.1 Å². The molecule has 0 spiro atoms. The summed E-state index contributed by atoms with van der Waals surface area (Å²) < 4.78 is 15.5. The van der Waals surface area contributed by atoms with Gasteiger partial charge in [0, 0.05) is 16.8 Å². The van der Waals surface area contributed by atoms with Crippen LogP contribution in [-0.2, 0) is 0 Å². The van der Waals surface area contributed by atoms with E-state index in [0.29, 0.717) is 17.0 Å². The summed E-state index contributed by atoms with van der Waals surface area (Å²) in [6.45, 7) is 0. The summed E-state index contributed by atoms with van der Waals surface area (Å²) in [5.41, 5.74) is 2.83. The van der Waals surface area contributed by atoms with E-state index in [1.807, 2.05) is 60.7 Å². The van der Waals surface area contributed by atoms with E-state index in [1.165, 1.54) is 12.1 Å². The van der Waals surface area contributed by atoms with Gasteiger partial charge in [0.2, 0.25) is 0 Å². The lowest BCUT2D eigenvalue weighted by atomic mass is 10.1. The van der Waals surface area contributed by atoms with E-state index in [9.17, 15) is 9.18 Å². The maximum Gasteiger partial charge on any atom is 0.300 e. The van der Waals surface area contributed by atoms with Crippen LogP contribution in [-0.4, -0.2) is 14.8 Å². The molecule has 5 nitrogen and oxygen atoms in total. The normalized spacial score (nSPS) is 14.7. The molecular weight excluding hydrogens is 355 g/mol. The molecule has 0 saturated heterocycles. The predicted octanol–water partition coefficient (Wildman–Crippen LogP) is 4.08. The molecule has 1 aliphatic heterocycles. The fraction of sp³-hybridized carbons (Fsp3) is 0.0455. The Hall–Kier alpha value is -3.80. The van der Waals surface area contributed by atoms with Crippen molar-refractivity contribution < 1.29 is 4.39 Å². The number of anilines is 1. The number of fused-ring (bicyclic) bond motifs is 3. The van der Waals surface area contributed by atoms with Gasteiger partial charge in [-0.15, -0.1) is 0 Å². The first-order valence-corrected chi connectivity index (χ1v) is 8.88. The quantitative estimate of drug-likeness (QED) is 0.578. The number of nitrogens with zero attached hydrogens (tertiary/aromatic N) is 3. The first kappa shape index (κ1) is 16.4. The van der Waals surface area contributed by atoms with Gasteiger partial charge in [-0.05, 0) is 29.8 Å². The second-order valence-corrected chi connectivity index (χ2v) is 6.55. The molecule has 6 heteroatoms. The Morgan fingerprint density at radius 3 is 2.54 bits per heavy atom. The molecule has 1 aliphatic rings. The molecule has 5 rings (SSSR count). The molecule has 0 fully saturated rings. The third-order valence-corrected chi connectivity index (χ3v) is 4.75. The number of nitrogens with one attached hydrogen (secondary N) is 1. The second kappa shape index (κ2) is 6.42. The van der Waals surface area contributed by atoms with Crippen molar-refractivity contribution in [3.05, 3.63) is 101 Å². The molecule has 0 amide bonds. The number of hydrogen-bond acceptors (Lipinski definition) is 4. The SMILES string of the molecule is O=c1nc2n(nc1-c1ccccc1)[C@@H](c1cccc(F)c1)Nc1ccccc1-2. The molecule has 0 unspecified atom stereocenters. The van der Waals surface area contributed by atoms with Crippen LogP contribution in [0.15, 0.2) is 83.7 Å². The zero-order valence-electron chi connectivity index (χ0n) is 14.7. The lowest BCUT2D eigenvalue weighted by Crippen LogP contribution is -2.32. The third kappa shape index (κ3) is 2.66. The van der Waals surface area contributed by atoms with E-state index < -0.39 is 11.7 Å². The highest BCUT2D eigenvalue weighted by Crippen LogP contribution is 2.36. The van der Waals surface area contributed by atoms with Gasteiger partial charge in [0.15, 0.2) is 11.5 Å². The van der Waals surface area contributed by atoms with Crippen molar-refractivity contribution in [3.8, 4) is 22.6 Å². The maximum atomic E-state index is 13.9. The van der Waals surface area contributed by atoms with Crippen LogP contribution in [0, 0.1) is 5.82 Å². The highest BCUT2D eigenvalue weighted by atomic mass is 19.1. The van der Waals surface area contributed by atoms with E-state index in [4.69, 9.17) is 0 Å². The highest BCUT2D eigenvalue weighted by Gasteiger charge is 2.28. The molecule has 3 aromatic carbocycles. The Kier molecular flexibility index (Phi) is 3.76. The molecule has 0 aliphatic carbocycles. The van der Waals surface area contributed by atoms with E-state index in [2.05, 4.69) is 15.4 Å². The molecule has 1 aromatic heterocycles. The Bertz CT molecular complexity index is 1240. The predicted molar refractivity (Wildman–Crippen MR) is 105 cm³/mol. The van der Waals surface area contributed by atoms with Gasteiger partial charge in [-0.3, -0.25) is 4.79 Å². The summed E-state index contributed by atoms with van der Waals surface area (Å²) in [5.74, 6) is 0.116. The van der Waals surface area contributed by atoms with Crippen molar-refractivity contribution in [2.75, 3.05) is 5.32 Å². The van der Waals surface area contributed by atoms with Gasteiger partial charge in [0.05, 0.1) is 0 Å². The minimum atomic E-state index is -0.490. The largest absolute Gasteiger partial charge is 0.359 e. The lowest BCUT2D eigenvalue weighted by Gasteiger charge is -2.30. The number of hydrogen-bond donors (Lipinski definition) is 1. The molecule has 0 bridgehead atoms. The minimum Gasteiger partial charge on any atom is -0.359 e. The smallest absolute Gasteiger partial charge is 0.300 e. The van der Waals surface area contributed by atoms with Crippen LogP contribution in [0.5, 0.6) is 0 Å². The fourth-order valence-corrected chi connectivity index (χ4v) is 3.45. The topological polar surface area (TPSA) is 59.8 Å². The van der Waals surface area contributed by atoms with Gasteiger partial charge in [0.25, 0.3) is 5.56 Å². The van der Waals surface area contributed by atoms with Crippen molar-refractivity contribution in [2.45, 2.75) is 6.17 Å². The average Bonchev–Trinajstić information content (AvgIpc) is 2.73. The van der Waals surface area contributed by atoms with Gasteiger partial charge in [-0.1, -0.05) is 54.6 Å². The zero-order valence-corrected chi connectivity index (χ0v) is 14.7. The fourth-order valence-electron chi connectivity index (χ4n) is 3.45. The van der Waals surface area contributed by atoms with E-state index in [1.54, 1.807) is 10.7 Å².